The van der Waals surface area contributed by atoms with Crippen LogP contribution in [-0.2, 0) is 12.8 Å². The van der Waals surface area contributed by atoms with Gasteiger partial charge in [-0.1, -0.05) is 45.0 Å². The Kier molecular flexibility index (Phi) is 5.51. The van der Waals surface area contributed by atoms with Gasteiger partial charge in [0.15, 0.2) is 0 Å². The van der Waals surface area contributed by atoms with Gasteiger partial charge in [-0.25, -0.2) is 0 Å². The van der Waals surface area contributed by atoms with Crippen molar-refractivity contribution >= 4 is 0 Å². The number of hydrogen-bond acceptors (Lipinski definition) is 2. The maximum absolute atomic E-state index is 4.24. The standard InChI is InChI=1S/C19H26N2/c1-5-16-13-21-11-10-18(16)19(20-4)12-15-6-8-17(9-7-15)14(2)3/h6-11,13-14,19-20H,5,12H2,1-4H3. The Morgan fingerprint density at radius 2 is 1.81 bits per heavy atom. The van der Waals surface area contributed by atoms with E-state index in [1.54, 1.807) is 0 Å². The molecule has 0 aliphatic heterocycles. The molecule has 2 heteroatoms. The molecule has 0 amide bonds. The average Bonchev–Trinajstić information content (AvgIpc) is 2.53. The topological polar surface area (TPSA) is 24.9 Å². The minimum absolute atomic E-state index is 0.341. The van der Waals surface area contributed by atoms with Crippen molar-refractivity contribution in [2.45, 2.75) is 45.6 Å². The zero-order valence-electron chi connectivity index (χ0n) is 13.6. The van der Waals surface area contributed by atoms with Crippen LogP contribution in [0.2, 0.25) is 0 Å². The second kappa shape index (κ2) is 7.37. The predicted molar refractivity (Wildman–Crippen MR) is 89.7 cm³/mol. The third-order valence-corrected chi connectivity index (χ3v) is 4.13. The molecule has 0 aliphatic rings. The fourth-order valence-electron chi connectivity index (χ4n) is 2.72. The van der Waals surface area contributed by atoms with Crippen LogP contribution in [0.25, 0.3) is 0 Å². The number of pyridine rings is 1. The van der Waals surface area contributed by atoms with E-state index in [9.17, 15) is 0 Å². The van der Waals surface area contributed by atoms with Crippen LogP contribution in [0.1, 0.15) is 55.0 Å². The fraction of sp³-hybridized carbons (Fsp3) is 0.421. The number of benzene rings is 1. The minimum Gasteiger partial charge on any atom is -0.313 e. The van der Waals surface area contributed by atoms with Gasteiger partial charge in [-0.3, -0.25) is 4.98 Å². The maximum Gasteiger partial charge on any atom is 0.0362 e. The lowest BCUT2D eigenvalue weighted by molar-refractivity contribution is 0.585. The Morgan fingerprint density at radius 1 is 1.10 bits per heavy atom. The van der Waals surface area contributed by atoms with Gasteiger partial charge >= 0.3 is 0 Å². The van der Waals surface area contributed by atoms with Crippen LogP contribution in [0.3, 0.4) is 0 Å². The van der Waals surface area contributed by atoms with Gasteiger partial charge in [0.2, 0.25) is 0 Å². The Hall–Kier alpha value is -1.67. The Balaban J connectivity index is 2.19. The molecule has 0 saturated carbocycles. The van der Waals surface area contributed by atoms with Crippen molar-refractivity contribution in [3.05, 3.63) is 65.0 Å². The second-order valence-electron chi connectivity index (χ2n) is 5.87. The van der Waals surface area contributed by atoms with Gasteiger partial charge in [0.25, 0.3) is 0 Å². The van der Waals surface area contributed by atoms with Gasteiger partial charge in [-0.05, 0) is 54.1 Å². The minimum atomic E-state index is 0.341. The van der Waals surface area contributed by atoms with Gasteiger partial charge in [0, 0.05) is 18.4 Å². The molecule has 1 N–H and O–H groups in total. The van der Waals surface area contributed by atoms with Crippen LogP contribution >= 0.6 is 0 Å². The van der Waals surface area contributed by atoms with Gasteiger partial charge in [0.05, 0.1) is 0 Å². The Bertz CT molecular complexity index is 558. The van der Waals surface area contributed by atoms with Crippen LogP contribution in [0.5, 0.6) is 0 Å². The lowest BCUT2D eigenvalue weighted by atomic mass is 9.94. The van der Waals surface area contributed by atoms with E-state index in [1.807, 2.05) is 19.4 Å². The first kappa shape index (κ1) is 15.7. The van der Waals surface area contributed by atoms with E-state index in [0.29, 0.717) is 12.0 Å². The van der Waals surface area contributed by atoms with E-state index in [0.717, 1.165) is 12.8 Å². The third-order valence-electron chi connectivity index (χ3n) is 4.13. The van der Waals surface area contributed by atoms with Crippen molar-refractivity contribution in [2.24, 2.45) is 0 Å². The molecule has 0 saturated heterocycles. The van der Waals surface area contributed by atoms with Crippen molar-refractivity contribution in [3.8, 4) is 0 Å². The molecule has 0 fully saturated rings. The highest BCUT2D eigenvalue weighted by atomic mass is 14.9. The summed E-state index contributed by atoms with van der Waals surface area (Å²) in [6.45, 7) is 6.65. The number of aryl methyl sites for hydroxylation is 1. The van der Waals surface area contributed by atoms with E-state index in [1.165, 1.54) is 22.3 Å². The molecule has 1 unspecified atom stereocenters. The summed E-state index contributed by atoms with van der Waals surface area (Å²) < 4.78 is 0. The summed E-state index contributed by atoms with van der Waals surface area (Å²) >= 11 is 0. The van der Waals surface area contributed by atoms with E-state index < -0.39 is 0 Å². The number of aromatic nitrogens is 1. The first-order valence-electron chi connectivity index (χ1n) is 7.84. The summed E-state index contributed by atoms with van der Waals surface area (Å²) in [4.78, 5) is 4.24. The normalized spacial score (nSPS) is 12.6. The van der Waals surface area contributed by atoms with Crippen molar-refractivity contribution in [2.75, 3.05) is 7.05 Å². The predicted octanol–water partition coefficient (Wildman–Crippen LogP) is 4.27. The first-order chi connectivity index (χ1) is 10.2. The van der Waals surface area contributed by atoms with Crippen LogP contribution in [-0.4, -0.2) is 12.0 Å². The molecule has 0 aliphatic carbocycles. The fourth-order valence-corrected chi connectivity index (χ4v) is 2.72. The van der Waals surface area contributed by atoms with E-state index >= 15 is 0 Å². The lowest BCUT2D eigenvalue weighted by Crippen LogP contribution is -2.20. The highest BCUT2D eigenvalue weighted by Gasteiger charge is 2.13. The zero-order valence-corrected chi connectivity index (χ0v) is 13.6. The van der Waals surface area contributed by atoms with Crippen LogP contribution in [0.4, 0.5) is 0 Å². The van der Waals surface area contributed by atoms with Crippen LogP contribution < -0.4 is 5.32 Å². The number of hydrogen-bond donors (Lipinski definition) is 1. The summed E-state index contributed by atoms with van der Waals surface area (Å²) in [6.07, 6.45) is 5.90. The number of likely N-dealkylation sites (N-methyl/N-ethyl adjacent to an activating group) is 1. The van der Waals surface area contributed by atoms with E-state index in [-0.39, 0.29) is 0 Å². The monoisotopic (exact) mass is 282 g/mol. The molecule has 1 aromatic carbocycles. The smallest absolute Gasteiger partial charge is 0.0362 e. The van der Waals surface area contributed by atoms with E-state index in [2.05, 4.69) is 61.4 Å². The van der Waals surface area contributed by atoms with Crippen LogP contribution in [0.15, 0.2) is 42.7 Å². The molecule has 21 heavy (non-hydrogen) atoms. The second-order valence-corrected chi connectivity index (χ2v) is 5.87. The van der Waals surface area contributed by atoms with Crippen LogP contribution in [0, 0.1) is 0 Å². The molecule has 2 rings (SSSR count). The highest BCUT2D eigenvalue weighted by molar-refractivity contribution is 5.30. The molecule has 0 bridgehead atoms. The van der Waals surface area contributed by atoms with Gasteiger partial charge in [-0.2, -0.15) is 0 Å². The third kappa shape index (κ3) is 3.92. The Labute approximate surface area is 128 Å². The van der Waals surface area contributed by atoms with Crippen molar-refractivity contribution < 1.29 is 0 Å². The quantitative estimate of drug-likeness (QED) is 0.856. The summed E-state index contributed by atoms with van der Waals surface area (Å²) in [7, 11) is 2.03. The molecule has 112 valence electrons. The molecular weight excluding hydrogens is 256 g/mol. The average molecular weight is 282 g/mol. The van der Waals surface area contributed by atoms with Crippen molar-refractivity contribution in [1.82, 2.24) is 10.3 Å². The van der Waals surface area contributed by atoms with Gasteiger partial charge < -0.3 is 5.32 Å². The molecular formula is C19H26N2. The largest absolute Gasteiger partial charge is 0.313 e. The SMILES string of the molecule is CCc1cnccc1C(Cc1ccc(C(C)C)cc1)NC. The molecule has 2 nitrogen and oxygen atoms in total. The molecule has 1 aromatic heterocycles. The molecule has 1 atom stereocenters. The molecule has 0 spiro atoms. The first-order valence-corrected chi connectivity index (χ1v) is 7.84. The Morgan fingerprint density at radius 3 is 2.38 bits per heavy atom. The molecule has 1 heterocycles. The zero-order chi connectivity index (χ0) is 15.2. The molecule has 0 radical (unpaired) electrons. The number of nitrogens with zero attached hydrogens (tertiary/aromatic N) is 1. The summed E-state index contributed by atoms with van der Waals surface area (Å²) in [5.74, 6) is 0.589. The lowest BCUT2D eigenvalue weighted by Gasteiger charge is -2.20. The van der Waals surface area contributed by atoms with E-state index in [4.69, 9.17) is 0 Å². The van der Waals surface area contributed by atoms with Gasteiger partial charge in [0.1, 0.15) is 0 Å². The van der Waals surface area contributed by atoms with Crippen molar-refractivity contribution in [3.63, 3.8) is 0 Å². The highest BCUT2D eigenvalue weighted by Crippen LogP contribution is 2.23. The molecule has 2 aromatic rings. The summed E-state index contributed by atoms with van der Waals surface area (Å²) in [5, 5.41) is 3.45. The maximum atomic E-state index is 4.24. The van der Waals surface area contributed by atoms with Crippen molar-refractivity contribution in [1.29, 1.82) is 0 Å². The summed E-state index contributed by atoms with van der Waals surface area (Å²) in [5.41, 5.74) is 5.47. The number of rotatable bonds is 6. The van der Waals surface area contributed by atoms with Gasteiger partial charge in [-0.15, -0.1) is 0 Å². The summed E-state index contributed by atoms with van der Waals surface area (Å²) in [6, 6.07) is 11.5. The number of nitrogens with one attached hydrogen (secondary N) is 1.